The van der Waals surface area contributed by atoms with Crippen LogP contribution in [0.15, 0.2) is 42.2 Å². The topological polar surface area (TPSA) is 84.3 Å². The van der Waals surface area contributed by atoms with Gasteiger partial charge in [0.15, 0.2) is 0 Å². The van der Waals surface area contributed by atoms with Crippen LogP contribution in [0.4, 0.5) is 8.78 Å². The van der Waals surface area contributed by atoms with Crippen LogP contribution in [0.5, 0.6) is 0 Å². The number of alkyl halides is 2. The molecule has 0 amide bonds. The number of pyridine rings is 2. The largest absolute Gasteiger partial charge is 0.403 e. The van der Waals surface area contributed by atoms with E-state index in [4.69, 9.17) is 28.2 Å². The summed E-state index contributed by atoms with van der Waals surface area (Å²) in [6.07, 6.45) is 2.16. The number of likely N-dealkylation sites (tertiary alicyclic amines) is 1. The average Bonchev–Trinajstić information content (AvgIpc) is 2.78. The molecule has 3 aromatic rings. The Bertz CT molecular complexity index is 1280. The third-order valence-corrected chi connectivity index (χ3v) is 6.97. The highest BCUT2D eigenvalue weighted by atomic mass is 35.5. The number of hydrogen-bond donors (Lipinski definition) is 2. The first-order valence-corrected chi connectivity index (χ1v) is 12.0. The Kier molecular flexibility index (Phi) is 6.99. The molecule has 1 unspecified atom stereocenters. The summed E-state index contributed by atoms with van der Waals surface area (Å²) in [6, 6.07) is 9.93. The molecule has 0 saturated carbocycles. The third-order valence-electron chi connectivity index (χ3n) is 6.54. The van der Waals surface area contributed by atoms with Crippen LogP contribution in [0.2, 0.25) is 5.02 Å². The molecule has 9 heteroatoms. The Labute approximate surface area is 209 Å². The van der Waals surface area contributed by atoms with E-state index in [1.54, 1.807) is 11.9 Å². The van der Waals surface area contributed by atoms with Gasteiger partial charge in [0.2, 0.25) is 0 Å². The van der Waals surface area contributed by atoms with Crippen molar-refractivity contribution >= 4 is 22.5 Å². The van der Waals surface area contributed by atoms with Crippen molar-refractivity contribution in [2.45, 2.75) is 45.6 Å². The third kappa shape index (κ3) is 4.96. The van der Waals surface area contributed by atoms with E-state index < -0.39 is 5.92 Å². The Morgan fingerprint density at radius 2 is 1.94 bits per heavy atom. The lowest BCUT2D eigenvalue weighted by atomic mass is 9.86. The van der Waals surface area contributed by atoms with Crippen LogP contribution in [0.25, 0.3) is 10.9 Å². The fourth-order valence-electron chi connectivity index (χ4n) is 4.83. The number of benzene rings is 1. The van der Waals surface area contributed by atoms with Crippen LogP contribution < -0.4 is 11.6 Å². The minimum Gasteiger partial charge on any atom is -0.403 e. The van der Waals surface area contributed by atoms with E-state index in [1.165, 1.54) is 11.2 Å². The van der Waals surface area contributed by atoms with Gasteiger partial charge in [-0.2, -0.15) is 0 Å². The molecule has 35 heavy (non-hydrogen) atoms. The molecular formula is C26H31ClF2N6. The Morgan fingerprint density at radius 1 is 1.23 bits per heavy atom. The van der Waals surface area contributed by atoms with E-state index >= 15 is 0 Å². The van der Waals surface area contributed by atoms with Crippen molar-refractivity contribution in [3.8, 4) is 0 Å². The maximum atomic E-state index is 13.4. The summed E-state index contributed by atoms with van der Waals surface area (Å²) in [7, 11) is 1.74. The molecule has 1 aliphatic heterocycles. The zero-order valence-electron chi connectivity index (χ0n) is 20.4. The Morgan fingerprint density at radius 3 is 2.51 bits per heavy atom. The standard InChI is InChI=1S/C26H31ClF2N6/c1-5-21-20(12-35-13-26(28,29)14-35)25(27)19-10-17(7-9-22(19)33-21)24(23(11-30)34(4)31)18-8-6-15(2)32-16(18)3/h6-11,24H,5,12-14,30-31H2,1-4H3/b23-11-. The number of aryl methyl sites for hydroxylation is 3. The van der Waals surface area contributed by atoms with Crippen LogP contribution in [0, 0.1) is 13.8 Å². The first-order chi connectivity index (χ1) is 16.5. The van der Waals surface area contributed by atoms with Gasteiger partial charge >= 0.3 is 0 Å². The molecule has 4 N–H and O–H groups in total. The zero-order chi connectivity index (χ0) is 25.5. The molecule has 0 bridgehead atoms. The van der Waals surface area contributed by atoms with Gasteiger partial charge < -0.3 is 10.7 Å². The van der Waals surface area contributed by atoms with E-state index in [0.29, 0.717) is 23.7 Å². The summed E-state index contributed by atoms with van der Waals surface area (Å²) in [5.41, 5.74) is 12.8. The second-order valence-electron chi connectivity index (χ2n) is 9.25. The molecule has 0 spiro atoms. The average molecular weight is 501 g/mol. The van der Waals surface area contributed by atoms with Gasteiger partial charge in [-0.15, -0.1) is 0 Å². The summed E-state index contributed by atoms with van der Waals surface area (Å²) >= 11 is 6.93. The molecule has 6 nitrogen and oxygen atoms in total. The monoisotopic (exact) mass is 500 g/mol. The summed E-state index contributed by atoms with van der Waals surface area (Å²) < 4.78 is 26.9. The molecular weight excluding hydrogens is 470 g/mol. The highest BCUT2D eigenvalue weighted by Crippen LogP contribution is 2.38. The Balaban J connectivity index is 1.85. The fourth-order valence-corrected chi connectivity index (χ4v) is 5.15. The summed E-state index contributed by atoms with van der Waals surface area (Å²) in [4.78, 5) is 11.2. The number of hydrogen-bond acceptors (Lipinski definition) is 6. The molecule has 1 aromatic carbocycles. The number of likely N-dealkylation sites (N-methyl/N-ethyl adjacent to an activating group) is 1. The molecule has 1 atom stereocenters. The molecule has 0 aliphatic carbocycles. The first kappa shape index (κ1) is 25.3. The Hall–Kier alpha value is -2.81. The predicted molar refractivity (Wildman–Crippen MR) is 136 cm³/mol. The van der Waals surface area contributed by atoms with Crippen molar-refractivity contribution in [2.75, 3.05) is 20.1 Å². The summed E-state index contributed by atoms with van der Waals surface area (Å²) in [5.74, 6) is 3.24. The van der Waals surface area contributed by atoms with Crippen LogP contribution in [0.3, 0.4) is 0 Å². The summed E-state index contributed by atoms with van der Waals surface area (Å²) in [6.45, 7) is 5.72. The fraction of sp³-hybridized carbons (Fsp3) is 0.385. The predicted octanol–water partition coefficient (Wildman–Crippen LogP) is 4.65. The molecule has 1 aliphatic rings. The number of halogens is 3. The quantitative estimate of drug-likeness (QED) is 0.363. The van der Waals surface area contributed by atoms with Crippen LogP contribution in [0.1, 0.15) is 46.6 Å². The number of rotatable bonds is 7. The van der Waals surface area contributed by atoms with Crippen molar-refractivity contribution < 1.29 is 8.78 Å². The summed E-state index contributed by atoms with van der Waals surface area (Å²) in [5, 5.41) is 2.81. The second kappa shape index (κ2) is 9.68. The highest BCUT2D eigenvalue weighted by molar-refractivity contribution is 6.36. The van der Waals surface area contributed by atoms with Crippen LogP contribution in [-0.4, -0.2) is 45.9 Å². The van der Waals surface area contributed by atoms with Gasteiger partial charge in [-0.3, -0.25) is 14.9 Å². The van der Waals surface area contributed by atoms with E-state index in [9.17, 15) is 8.78 Å². The van der Waals surface area contributed by atoms with Gasteiger partial charge in [0.05, 0.1) is 35.2 Å². The lowest BCUT2D eigenvalue weighted by Crippen LogP contribution is -2.55. The number of allylic oxidation sites excluding steroid dienone is 1. The molecule has 1 fully saturated rings. The van der Waals surface area contributed by atoms with Crippen LogP contribution >= 0.6 is 11.6 Å². The minimum atomic E-state index is -2.64. The van der Waals surface area contributed by atoms with Crippen molar-refractivity contribution in [1.29, 1.82) is 0 Å². The highest BCUT2D eigenvalue weighted by Gasteiger charge is 2.44. The molecule has 1 saturated heterocycles. The number of aromatic nitrogens is 2. The van der Waals surface area contributed by atoms with Gasteiger partial charge in [0.1, 0.15) is 0 Å². The zero-order valence-corrected chi connectivity index (χ0v) is 21.2. The van der Waals surface area contributed by atoms with E-state index in [1.807, 2.05) is 51.1 Å². The van der Waals surface area contributed by atoms with Crippen molar-refractivity contribution in [3.63, 3.8) is 0 Å². The van der Waals surface area contributed by atoms with Gasteiger partial charge in [0.25, 0.3) is 5.92 Å². The van der Waals surface area contributed by atoms with Gasteiger partial charge in [-0.05, 0) is 49.6 Å². The van der Waals surface area contributed by atoms with Crippen molar-refractivity contribution in [2.24, 2.45) is 11.6 Å². The van der Waals surface area contributed by atoms with Gasteiger partial charge in [0, 0.05) is 47.8 Å². The smallest absolute Gasteiger partial charge is 0.272 e. The van der Waals surface area contributed by atoms with E-state index in [0.717, 1.165) is 44.7 Å². The molecule has 0 radical (unpaired) electrons. The lowest BCUT2D eigenvalue weighted by Gasteiger charge is -2.39. The minimum absolute atomic E-state index is 0.264. The first-order valence-electron chi connectivity index (χ1n) is 11.6. The number of fused-ring (bicyclic) bond motifs is 1. The molecule has 186 valence electrons. The molecule has 4 rings (SSSR count). The molecule has 3 heterocycles. The van der Waals surface area contributed by atoms with E-state index in [2.05, 4.69) is 4.98 Å². The number of nitrogens with zero attached hydrogens (tertiary/aromatic N) is 4. The lowest BCUT2D eigenvalue weighted by molar-refractivity contribution is -0.133. The molecule has 2 aromatic heterocycles. The van der Waals surface area contributed by atoms with Crippen LogP contribution in [-0.2, 0) is 13.0 Å². The maximum Gasteiger partial charge on any atom is 0.272 e. The van der Waals surface area contributed by atoms with Gasteiger partial charge in [-0.1, -0.05) is 30.7 Å². The SMILES string of the molecule is CCc1nc2ccc(C(/C(=C/N)N(C)N)c3ccc(C)nc3C)cc2c(Cl)c1CN1CC(F)(F)C1. The number of nitrogens with two attached hydrogens (primary N) is 2. The van der Waals surface area contributed by atoms with Gasteiger partial charge in [-0.25, -0.2) is 14.6 Å². The normalized spacial score (nSPS) is 16.9. The second-order valence-corrected chi connectivity index (χ2v) is 9.62. The van der Waals surface area contributed by atoms with Crippen molar-refractivity contribution in [3.05, 3.63) is 81.0 Å². The number of hydrazine groups is 1. The van der Waals surface area contributed by atoms with E-state index in [-0.39, 0.29) is 19.0 Å². The maximum absolute atomic E-state index is 13.4. The van der Waals surface area contributed by atoms with Crippen molar-refractivity contribution in [1.82, 2.24) is 19.9 Å².